The van der Waals surface area contributed by atoms with Crippen molar-refractivity contribution >= 4 is 17.5 Å². The van der Waals surface area contributed by atoms with E-state index in [0.29, 0.717) is 29.0 Å². The Labute approximate surface area is 119 Å². The summed E-state index contributed by atoms with van der Waals surface area (Å²) in [6, 6.07) is 1.95. The van der Waals surface area contributed by atoms with Crippen molar-refractivity contribution in [3.05, 3.63) is 17.8 Å². The lowest BCUT2D eigenvalue weighted by Crippen LogP contribution is -2.27. The van der Waals surface area contributed by atoms with Gasteiger partial charge in [0.15, 0.2) is 0 Å². The highest BCUT2D eigenvalue weighted by Crippen LogP contribution is 2.28. The molecule has 0 saturated heterocycles. The average Bonchev–Trinajstić information content (AvgIpc) is 2.65. The van der Waals surface area contributed by atoms with Crippen LogP contribution in [-0.2, 0) is 4.74 Å². The number of nitrogens with two attached hydrogens (primary N) is 1. The number of carbonyl (C=O) groups excluding carboxylic acids is 1. The summed E-state index contributed by atoms with van der Waals surface area (Å²) >= 11 is 0. The summed E-state index contributed by atoms with van der Waals surface area (Å²) in [5.74, 6) is 0.744. The highest BCUT2D eigenvalue weighted by Gasteiger charge is 2.22. The predicted octanol–water partition coefficient (Wildman–Crippen LogP) is 2.83. The second kappa shape index (κ2) is 6.59. The third-order valence-electron chi connectivity index (χ3n) is 4.08. The van der Waals surface area contributed by atoms with Crippen LogP contribution in [0.4, 0.5) is 11.5 Å². The van der Waals surface area contributed by atoms with E-state index >= 15 is 0 Å². The molecule has 5 nitrogen and oxygen atoms in total. The monoisotopic (exact) mass is 277 g/mol. The second-order valence-corrected chi connectivity index (χ2v) is 5.48. The SMILES string of the molecule is COC(=O)c1ccnc(NC2CCCCCC2C)c1N. The molecule has 2 rings (SSSR count). The summed E-state index contributed by atoms with van der Waals surface area (Å²) in [4.78, 5) is 15.9. The van der Waals surface area contributed by atoms with Crippen LogP contribution in [0, 0.1) is 5.92 Å². The number of aromatic nitrogens is 1. The van der Waals surface area contributed by atoms with Crippen molar-refractivity contribution in [2.75, 3.05) is 18.2 Å². The molecule has 0 amide bonds. The van der Waals surface area contributed by atoms with Gasteiger partial charge in [-0.1, -0.05) is 26.2 Å². The number of esters is 1. The van der Waals surface area contributed by atoms with Crippen molar-refractivity contribution in [2.45, 2.75) is 45.1 Å². The molecule has 1 aliphatic rings. The predicted molar refractivity (Wildman–Crippen MR) is 79.6 cm³/mol. The van der Waals surface area contributed by atoms with Gasteiger partial charge in [0.25, 0.3) is 0 Å². The molecule has 1 saturated carbocycles. The molecule has 2 atom stereocenters. The number of methoxy groups -OCH3 is 1. The van der Waals surface area contributed by atoms with E-state index in [1.165, 1.54) is 32.8 Å². The second-order valence-electron chi connectivity index (χ2n) is 5.48. The molecule has 1 fully saturated rings. The lowest BCUT2D eigenvalue weighted by molar-refractivity contribution is 0.0602. The summed E-state index contributed by atoms with van der Waals surface area (Å²) in [6.45, 7) is 2.25. The van der Waals surface area contributed by atoms with Gasteiger partial charge in [0.05, 0.1) is 18.4 Å². The number of carbonyl (C=O) groups is 1. The lowest BCUT2D eigenvalue weighted by atomic mass is 9.97. The van der Waals surface area contributed by atoms with Gasteiger partial charge in [0.1, 0.15) is 5.82 Å². The number of hydrogen-bond donors (Lipinski definition) is 2. The standard InChI is InChI=1S/C15H23N3O2/c1-10-6-4-3-5-7-12(10)18-14-13(16)11(8-9-17-14)15(19)20-2/h8-10,12H,3-7,16H2,1-2H3,(H,17,18). The largest absolute Gasteiger partial charge is 0.465 e. The van der Waals surface area contributed by atoms with Gasteiger partial charge in [0.2, 0.25) is 0 Å². The number of nitrogens with zero attached hydrogens (tertiary/aromatic N) is 1. The maximum atomic E-state index is 11.6. The summed E-state index contributed by atoms with van der Waals surface area (Å²) in [5, 5.41) is 3.41. The maximum Gasteiger partial charge on any atom is 0.340 e. The molecular weight excluding hydrogens is 254 g/mol. The maximum absolute atomic E-state index is 11.6. The Morgan fingerprint density at radius 3 is 2.90 bits per heavy atom. The number of hydrogen-bond acceptors (Lipinski definition) is 5. The molecule has 1 aromatic rings. The number of nitrogens with one attached hydrogen (secondary N) is 1. The molecule has 0 bridgehead atoms. The molecule has 1 heterocycles. The number of nitrogen functional groups attached to an aromatic ring is 1. The minimum absolute atomic E-state index is 0.361. The van der Waals surface area contributed by atoms with Crippen molar-refractivity contribution in [1.29, 1.82) is 0 Å². The average molecular weight is 277 g/mol. The molecule has 0 spiro atoms. The summed E-state index contributed by atoms with van der Waals surface area (Å²) < 4.78 is 4.73. The fourth-order valence-electron chi connectivity index (χ4n) is 2.76. The highest BCUT2D eigenvalue weighted by molar-refractivity contribution is 5.97. The van der Waals surface area contributed by atoms with Gasteiger partial charge in [-0.05, 0) is 24.8 Å². The molecule has 20 heavy (non-hydrogen) atoms. The van der Waals surface area contributed by atoms with Gasteiger partial charge >= 0.3 is 5.97 Å². The van der Waals surface area contributed by atoms with Crippen molar-refractivity contribution in [1.82, 2.24) is 4.98 Å². The molecule has 2 unspecified atom stereocenters. The van der Waals surface area contributed by atoms with Gasteiger partial charge in [-0.3, -0.25) is 0 Å². The summed E-state index contributed by atoms with van der Waals surface area (Å²) in [6.07, 6.45) is 7.71. The van der Waals surface area contributed by atoms with E-state index in [1.807, 2.05) is 0 Å². The quantitative estimate of drug-likeness (QED) is 0.656. The zero-order chi connectivity index (χ0) is 14.5. The van der Waals surface area contributed by atoms with Crippen LogP contribution >= 0.6 is 0 Å². The molecule has 0 radical (unpaired) electrons. The van der Waals surface area contributed by atoms with Crippen molar-refractivity contribution in [3.63, 3.8) is 0 Å². The molecule has 5 heteroatoms. The van der Waals surface area contributed by atoms with Crippen LogP contribution in [0.15, 0.2) is 12.3 Å². The molecular formula is C15H23N3O2. The lowest BCUT2D eigenvalue weighted by Gasteiger charge is -2.24. The van der Waals surface area contributed by atoms with E-state index in [0.717, 1.165) is 6.42 Å². The van der Waals surface area contributed by atoms with Gasteiger partial charge in [-0.2, -0.15) is 0 Å². The van der Waals surface area contributed by atoms with E-state index in [-0.39, 0.29) is 0 Å². The number of ether oxygens (including phenoxy) is 1. The molecule has 1 aromatic heterocycles. The minimum Gasteiger partial charge on any atom is -0.465 e. The van der Waals surface area contributed by atoms with Crippen LogP contribution in [0.2, 0.25) is 0 Å². The van der Waals surface area contributed by atoms with Crippen LogP contribution in [0.3, 0.4) is 0 Å². The van der Waals surface area contributed by atoms with Crippen LogP contribution < -0.4 is 11.1 Å². The Balaban J connectivity index is 2.18. The minimum atomic E-state index is -0.429. The first-order chi connectivity index (χ1) is 9.63. The highest BCUT2D eigenvalue weighted by atomic mass is 16.5. The fourth-order valence-corrected chi connectivity index (χ4v) is 2.76. The number of rotatable bonds is 3. The molecule has 0 aromatic carbocycles. The fraction of sp³-hybridized carbons (Fsp3) is 0.600. The first kappa shape index (κ1) is 14.6. The Kier molecular flexibility index (Phi) is 4.82. The molecule has 0 aliphatic heterocycles. The molecule has 3 N–H and O–H groups in total. The topological polar surface area (TPSA) is 77.2 Å². The number of pyridine rings is 1. The first-order valence-corrected chi connectivity index (χ1v) is 7.22. The van der Waals surface area contributed by atoms with Gasteiger partial charge in [-0.15, -0.1) is 0 Å². The van der Waals surface area contributed by atoms with Crippen molar-refractivity contribution < 1.29 is 9.53 Å². The van der Waals surface area contributed by atoms with Gasteiger partial charge < -0.3 is 15.8 Å². The van der Waals surface area contributed by atoms with Gasteiger partial charge in [0, 0.05) is 12.2 Å². The smallest absolute Gasteiger partial charge is 0.340 e. The van der Waals surface area contributed by atoms with E-state index in [1.54, 1.807) is 12.3 Å². The van der Waals surface area contributed by atoms with E-state index < -0.39 is 5.97 Å². The third kappa shape index (κ3) is 3.21. The van der Waals surface area contributed by atoms with E-state index in [2.05, 4.69) is 17.2 Å². The zero-order valence-electron chi connectivity index (χ0n) is 12.2. The Bertz CT molecular complexity index is 476. The Morgan fingerprint density at radius 1 is 1.40 bits per heavy atom. The van der Waals surface area contributed by atoms with E-state index in [9.17, 15) is 4.79 Å². The van der Waals surface area contributed by atoms with Crippen LogP contribution in [0.25, 0.3) is 0 Å². The van der Waals surface area contributed by atoms with Crippen molar-refractivity contribution in [3.8, 4) is 0 Å². The molecule has 1 aliphatic carbocycles. The number of anilines is 2. The Hall–Kier alpha value is -1.78. The van der Waals surface area contributed by atoms with Crippen LogP contribution in [0.5, 0.6) is 0 Å². The molecule has 110 valence electrons. The zero-order valence-corrected chi connectivity index (χ0v) is 12.2. The van der Waals surface area contributed by atoms with E-state index in [4.69, 9.17) is 10.5 Å². The first-order valence-electron chi connectivity index (χ1n) is 7.22. The summed E-state index contributed by atoms with van der Waals surface area (Å²) in [7, 11) is 1.35. The Morgan fingerprint density at radius 2 is 2.15 bits per heavy atom. The van der Waals surface area contributed by atoms with Crippen LogP contribution in [-0.4, -0.2) is 24.1 Å². The van der Waals surface area contributed by atoms with Crippen LogP contribution in [0.1, 0.15) is 49.4 Å². The van der Waals surface area contributed by atoms with Crippen molar-refractivity contribution in [2.24, 2.45) is 5.92 Å². The normalized spacial score (nSPS) is 22.9. The van der Waals surface area contributed by atoms with Gasteiger partial charge in [-0.25, -0.2) is 9.78 Å². The summed E-state index contributed by atoms with van der Waals surface area (Å²) in [5.41, 5.74) is 6.77. The third-order valence-corrected chi connectivity index (χ3v) is 4.08.